The van der Waals surface area contributed by atoms with Crippen molar-refractivity contribution in [2.75, 3.05) is 20.2 Å². The molecule has 2 atom stereocenters. The Morgan fingerprint density at radius 1 is 1.55 bits per heavy atom. The van der Waals surface area contributed by atoms with Gasteiger partial charge in [-0.25, -0.2) is 4.39 Å². The first-order chi connectivity index (χ1) is 9.61. The van der Waals surface area contributed by atoms with E-state index in [4.69, 9.17) is 4.74 Å². The van der Waals surface area contributed by atoms with Gasteiger partial charge in [0.1, 0.15) is 0 Å². The van der Waals surface area contributed by atoms with Crippen molar-refractivity contribution in [3.8, 4) is 5.75 Å². The Bertz CT molecular complexity index is 470. The third-order valence-electron chi connectivity index (χ3n) is 4.12. The van der Waals surface area contributed by atoms with E-state index in [2.05, 4.69) is 12.2 Å². The van der Waals surface area contributed by atoms with Gasteiger partial charge in [0.25, 0.3) is 0 Å². The summed E-state index contributed by atoms with van der Waals surface area (Å²) in [4.78, 5) is 12.2. The second-order valence-electron chi connectivity index (χ2n) is 5.56. The summed E-state index contributed by atoms with van der Waals surface area (Å²) in [5.41, 5.74) is 0.430. The van der Waals surface area contributed by atoms with E-state index in [0.717, 1.165) is 13.1 Å². The molecular formula is C16H22FNO2. The van der Waals surface area contributed by atoms with E-state index in [1.54, 1.807) is 6.07 Å². The maximum atomic E-state index is 13.6. The maximum absolute atomic E-state index is 13.6. The van der Waals surface area contributed by atoms with E-state index in [-0.39, 0.29) is 11.5 Å². The number of ether oxygens (including phenoxy) is 1. The zero-order valence-electron chi connectivity index (χ0n) is 12.1. The van der Waals surface area contributed by atoms with Crippen molar-refractivity contribution in [3.63, 3.8) is 0 Å². The molecule has 1 aliphatic rings. The Labute approximate surface area is 119 Å². The minimum Gasteiger partial charge on any atom is -0.494 e. The van der Waals surface area contributed by atoms with Crippen LogP contribution in [0.4, 0.5) is 4.39 Å². The quantitative estimate of drug-likeness (QED) is 0.842. The Morgan fingerprint density at radius 2 is 2.35 bits per heavy atom. The van der Waals surface area contributed by atoms with Gasteiger partial charge in [0, 0.05) is 12.0 Å². The molecule has 1 saturated heterocycles. The number of methoxy groups -OCH3 is 1. The fraction of sp³-hybridized carbons (Fsp3) is 0.562. The number of hydrogen-bond acceptors (Lipinski definition) is 3. The van der Waals surface area contributed by atoms with Crippen LogP contribution < -0.4 is 10.1 Å². The molecule has 110 valence electrons. The summed E-state index contributed by atoms with van der Waals surface area (Å²) in [6, 6.07) is 4.42. The highest BCUT2D eigenvalue weighted by molar-refractivity contribution is 5.96. The number of nitrogens with one attached hydrogen (secondary N) is 1. The molecule has 3 nitrogen and oxygen atoms in total. The zero-order valence-corrected chi connectivity index (χ0v) is 12.1. The van der Waals surface area contributed by atoms with Crippen molar-refractivity contribution in [2.45, 2.75) is 26.2 Å². The van der Waals surface area contributed by atoms with Gasteiger partial charge in [0.2, 0.25) is 0 Å². The van der Waals surface area contributed by atoms with Crippen molar-refractivity contribution in [1.82, 2.24) is 5.32 Å². The zero-order chi connectivity index (χ0) is 14.5. The fourth-order valence-electron chi connectivity index (χ4n) is 2.78. The summed E-state index contributed by atoms with van der Waals surface area (Å²) in [5, 5.41) is 3.37. The van der Waals surface area contributed by atoms with E-state index in [9.17, 15) is 9.18 Å². The maximum Gasteiger partial charge on any atom is 0.165 e. The molecule has 1 aromatic rings. The van der Waals surface area contributed by atoms with E-state index in [0.29, 0.717) is 23.8 Å². The van der Waals surface area contributed by atoms with Gasteiger partial charge in [-0.3, -0.25) is 4.79 Å². The van der Waals surface area contributed by atoms with Gasteiger partial charge < -0.3 is 10.1 Å². The lowest BCUT2D eigenvalue weighted by atomic mass is 9.83. The number of carbonyl (C=O) groups is 1. The summed E-state index contributed by atoms with van der Waals surface area (Å²) < 4.78 is 18.5. The number of carbonyl (C=O) groups excluding carboxylic acids is 1. The molecule has 20 heavy (non-hydrogen) atoms. The van der Waals surface area contributed by atoms with Crippen LogP contribution in [-0.2, 0) is 0 Å². The Balaban J connectivity index is 1.98. The Hall–Kier alpha value is -1.42. The van der Waals surface area contributed by atoms with Crippen molar-refractivity contribution >= 4 is 5.78 Å². The number of piperidine rings is 1. The highest BCUT2D eigenvalue weighted by Gasteiger charge is 2.22. The molecule has 2 unspecified atom stereocenters. The highest BCUT2D eigenvalue weighted by Crippen LogP contribution is 2.25. The van der Waals surface area contributed by atoms with Crippen molar-refractivity contribution < 1.29 is 13.9 Å². The van der Waals surface area contributed by atoms with Gasteiger partial charge in [-0.15, -0.1) is 0 Å². The van der Waals surface area contributed by atoms with Crippen LogP contribution in [0.25, 0.3) is 0 Å². The van der Waals surface area contributed by atoms with Crippen LogP contribution in [0.3, 0.4) is 0 Å². The van der Waals surface area contributed by atoms with Crippen LogP contribution in [0.5, 0.6) is 5.75 Å². The van der Waals surface area contributed by atoms with Gasteiger partial charge in [0.05, 0.1) is 7.11 Å². The molecule has 0 saturated carbocycles. The van der Waals surface area contributed by atoms with Crippen molar-refractivity contribution in [1.29, 1.82) is 0 Å². The van der Waals surface area contributed by atoms with E-state index in [1.165, 1.54) is 32.1 Å². The predicted molar refractivity (Wildman–Crippen MR) is 76.7 cm³/mol. The highest BCUT2D eigenvalue weighted by atomic mass is 19.1. The number of halogens is 1. The first-order valence-electron chi connectivity index (χ1n) is 7.19. The van der Waals surface area contributed by atoms with Gasteiger partial charge in [-0.1, -0.05) is 6.92 Å². The molecule has 0 amide bonds. The average molecular weight is 279 g/mol. The SMILES string of the molecule is COc1ccc(C(=O)CC(C)C2CCCNC2)cc1F. The molecule has 1 heterocycles. The Morgan fingerprint density at radius 3 is 2.95 bits per heavy atom. The average Bonchev–Trinajstić information content (AvgIpc) is 2.48. The molecule has 0 bridgehead atoms. The number of rotatable bonds is 5. The predicted octanol–water partition coefficient (Wildman–Crippen LogP) is 3.04. The normalized spacial score (nSPS) is 20.4. The molecule has 2 rings (SSSR count). The van der Waals surface area contributed by atoms with E-state index < -0.39 is 5.82 Å². The van der Waals surface area contributed by atoms with Gasteiger partial charge in [-0.2, -0.15) is 0 Å². The number of benzene rings is 1. The summed E-state index contributed by atoms with van der Waals surface area (Å²) in [6.07, 6.45) is 2.80. The first-order valence-corrected chi connectivity index (χ1v) is 7.19. The van der Waals surface area contributed by atoms with Crippen LogP contribution in [-0.4, -0.2) is 26.0 Å². The van der Waals surface area contributed by atoms with Crippen LogP contribution >= 0.6 is 0 Å². The second kappa shape index (κ2) is 6.84. The van der Waals surface area contributed by atoms with Crippen LogP contribution in [0.15, 0.2) is 18.2 Å². The lowest BCUT2D eigenvalue weighted by molar-refractivity contribution is 0.0942. The molecule has 0 aliphatic carbocycles. The van der Waals surface area contributed by atoms with Crippen LogP contribution in [0.1, 0.15) is 36.5 Å². The first kappa shape index (κ1) is 15.0. The fourth-order valence-corrected chi connectivity index (χ4v) is 2.78. The standard InChI is InChI=1S/C16H22FNO2/c1-11(13-4-3-7-18-10-13)8-15(19)12-5-6-16(20-2)14(17)9-12/h5-6,9,11,13,18H,3-4,7-8,10H2,1-2H3. The minimum absolute atomic E-state index is 0.00428. The van der Waals surface area contributed by atoms with Crippen molar-refractivity contribution in [2.24, 2.45) is 11.8 Å². The molecule has 1 N–H and O–H groups in total. The number of ketones is 1. The van der Waals surface area contributed by atoms with Crippen LogP contribution in [0.2, 0.25) is 0 Å². The number of hydrogen-bond donors (Lipinski definition) is 1. The molecule has 0 aromatic heterocycles. The van der Waals surface area contributed by atoms with Gasteiger partial charge in [-0.05, 0) is 56.0 Å². The van der Waals surface area contributed by atoms with E-state index in [1.807, 2.05) is 0 Å². The smallest absolute Gasteiger partial charge is 0.165 e. The summed E-state index contributed by atoms with van der Waals surface area (Å²) in [5.74, 6) is 0.553. The van der Waals surface area contributed by atoms with Crippen molar-refractivity contribution in [3.05, 3.63) is 29.6 Å². The lowest BCUT2D eigenvalue weighted by Crippen LogP contribution is -2.34. The lowest BCUT2D eigenvalue weighted by Gasteiger charge is -2.28. The number of Topliss-reactive ketones (excluding diaryl/α,β-unsaturated/α-hetero) is 1. The topological polar surface area (TPSA) is 38.3 Å². The summed E-state index contributed by atoms with van der Waals surface area (Å²) in [6.45, 7) is 4.15. The molecule has 1 aliphatic heterocycles. The minimum atomic E-state index is -0.481. The van der Waals surface area contributed by atoms with Gasteiger partial charge >= 0.3 is 0 Å². The molecule has 1 aromatic carbocycles. The van der Waals surface area contributed by atoms with Gasteiger partial charge in [0.15, 0.2) is 17.3 Å². The second-order valence-corrected chi connectivity index (χ2v) is 5.56. The molecule has 0 radical (unpaired) electrons. The van der Waals surface area contributed by atoms with Crippen LogP contribution in [0, 0.1) is 17.7 Å². The largest absolute Gasteiger partial charge is 0.494 e. The molecule has 1 fully saturated rings. The third-order valence-corrected chi connectivity index (χ3v) is 4.12. The molecule has 0 spiro atoms. The van der Waals surface area contributed by atoms with E-state index >= 15 is 0 Å². The summed E-state index contributed by atoms with van der Waals surface area (Å²) >= 11 is 0. The monoisotopic (exact) mass is 279 g/mol. The summed E-state index contributed by atoms with van der Waals surface area (Å²) in [7, 11) is 1.41. The Kier molecular flexibility index (Phi) is 5.12. The molecule has 4 heteroatoms. The molecular weight excluding hydrogens is 257 g/mol. The third kappa shape index (κ3) is 3.57.